The molecule has 0 unspecified atom stereocenters. The van der Waals surface area contributed by atoms with Crippen molar-refractivity contribution in [3.63, 3.8) is 0 Å². The number of amides is 1. The van der Waals surface area contributed by atoms with E-state index in [9.17, 15) is 9.59 Å². The first-order valence-electron chi connectivity index (χ1n) is 3.79. The third-order valence-electron chi connectivity index (χ3n) is 1.88. The minimum absolute atomic E-state index is 0.0470. The van der Waals surface area contributed by atoms with Gasteiger partial charge in [0.1, 0.15) is 0 Å². The monoisotopic (exact) mass is 239 g/mol. The van der Waals surface area contributed by atoms with Crippen LogP contribution in [0.3, 0.4) is 0 Å². The second-order valence-corrected chi connectivity index (χ2v) is 3.75. The van der Waals surface area contributed by atoms with Gasteiger partial charge in [-0.05, 0) is 18.2 Å². The summed E-state index contributed by atoms with van der Waals surface area (Å²) in [6, 6.07) is 5.22. The lowest BCUT2D eigenvalue weighted by Crippen LogP contribution is -2.23. The van der Waals surface area contributed by atoms with E-state index in [2.05, 4.69) is 21.2 Å². The summed E-state index contributed by atoms with van der Waals surface area (Å²) in [5.41, 5.74) is 1.18. The number of hydrogen-bond acceptors (Lipinski definition) is 2. The van der Waals surface area contributed by atoms with E-state index in [0.29, 0.717) is 11.3 Å². The number of hydrogen-bond donors (Lipinski definition) is 1. The zero-order chi connectivity index (χ0) is 9.42. The van der Waals surface area contributed by atoms with Gasteiger partial charge in [0, 0.05) is 10.0 Å². The van der Waals surface area contributed by atoms with Gasteiger partial charge < -0.3 is 5.32 Å². The highest BCUT2D eigenvalue weighted by Crippen LogP contribution is 2.25. The van der Waals surface area contributed by atoms with Crippen LogP contribution in [-0.4, -0.2) is 11.7 Å². The highest BCUT2D eigenvalue weighted by Gasteiger charge is 2.21. The van der Waals surface area contributed by atoms with Gasteiger partial charge in [0.15, 0.2) is 5.78 Å². The molecule has 3 nitrogen and oxygen atoms in total. The van der Waals surface area contributed by atoms with E-state index >= 15 is 0 Å². The molecule has 0 saturated carbocycles. The summed E-state index contributed by atoms with van der Waals surface area (Å²) in [6.07, 6.45) is -0.0470. The standard InChI is InChI=1S/C9H6BrNO2/c10-5-1-2-6-7(3-5)11-9(13)4-8(6)12/h1-3H,4H2,(H,11,13). The number of nitrogens with one attached hydrogen (secondary N) is 1. The fourth-order valence-electron chi connectivity index (χ4n) is 1.30. The van der Waals surface area contributed by atoms with Crippen molar-refractivity contribution in [1.82, 2.24) is 0 Å². The molecule has 13 heavy (non-hydrogen) atoms. The number of halogens is 1. The predicted molar refractivity (Wildman–Crippen MR) is 51.7 cm³/mol. The molecule has 1 aliphatic heterocycles. The molecule has 4 heteroatoms. The molecule has 1 heterocycles. The zero-order valence-corrected chi connectivity index (χ0v) is 8.22. The van der Waals surface area contributed by atoms with Crippen LogP contribution in [0.1, 0.15) is 16.8 Å². The van der Waals surface area contributed by atoms with Gasteiger partial charge in [-0.15, -0.1) is 0 Å². The number of Topliss-reactive ketones (excluding diaryl/α,β-unsaturated/α-hetero) is 1. The molecule has 0 radical (unpaired) electrons. The minimum Gasteiger partial charge on any atom is -0.325 e. The Labute approximate surface area is 83.3 Å². The van der Waals surface area contributed by atoms with Gasteiger partial charge in [0.05, 0.1) is 12.1 Å². The number of carbonyl (C=O) groups is 2. The zero-order valence-electron chi connectivity index (χ0n) is 6.63. The number of anilines is 1. The summed E-state index contributed by atoms with van der Waals surface area (Å²) in [5.74, 6) is -0.359. The van der Waals surface area contributed by atoms with E-state index in [1.807, 2.05) is 0 Å². The largest absolute Gasteiger partial charge is 0.325 e. The molecule has 0 saturated heterocycles. The molecule has 0 aliphatic carbocycles. The molecule has 1 amide bonds. The molecule has 66 valence electrons. The quantitative estimate of drug-likeness (QED) is 0.704. The minimum atomic E-state index is -0.240. The van der Waals surface area contributed by atoms with Crippen LogP contribution >= 0.6 is 15.9 Å². The first kappa shape index (κ1) is 8.44. The lowest BCUT2D eigenvalue weighted by atomic mass is 10.0. The van der Waals surface area contributed by atoms with E-state index in [1.165, 1.54) is 0 Å². The molecular formula is C9H6BrNO2. The van der Waals surface area contributed by atoms with Crippen molar-refractivity contribution < 1.29 is 9.59 Å². The normalized spacial score (nSPS) is 15.2. The second kappa shape index (κ2) is 2.96. The molecule has 0 spiro atoms. The summed E-state index contributed by atoms with van der Waals surface area (Å²) in [6.45, 7) is 0. The van der Waals surface area contributed by atoms with Crippen molar-refractivity contribution in [2.75, 3.05) is 5.32 Å². The average Bonchev–Trinajstić information content (AvgIpc) is 2.02. The molecule has 1 aromatic carbocycles. The smallest absolute Gasteiger partial charge is 0.232 e. The number of carbonyl (C=O) groups excluding carboxylic acids is 2. The second-order valence-electron chi connectivity index (χ2n) is 2.84. The molecule has 0 aromatic heterocycles. The van der Waals surface area contributed by atoms with Crippen LogP contribution in [0.5, 0.6) is 0 Å². The lowest BCUT2D eigenvalue weighted by Gasteiger charge is -2.15. The van der Waals surface area contributed by atoms with Gasteiger partial charge in [-0.3, -0.25) is 9.59 Å². The van der Waals surface area contributed by atoms with Crippen molar-refractivity contribution >= 4 is 33.3 Å². The van der Waals surface area contributed by atoms with E-state index in [0.717, 1.165) is 4.47 Å². The molecule has 0 fully saturated rings. The summed E-state index contributed by atoms with van der Waals surface area (Å²) >= 11 is 3.27. The van der Waals surface area contributed by atoms with E-state index in [4.69, 9.17) is 0 Å². The lowest BCUT2D eigenvalue weighted by molar-refractivity contribution is -0.115. The van der Waals surface area contributed by atoms with Gasteiger partial charge >= 0.3 is 0 Å². The maximum absolute atomic E-state index is 11.3. The Hall–Kier alpha value is -1.16. The van der Waals surface area contributed by atoms with Crippen molar-refractivity contribution in [1.29, 1.82) is 0 Å². The van der Waals surface area contributed by atoms with Crippen molar-refractivity contribution in [2.24, 2.45) is 0 Å². The van der Waals surface area contributed by atoms with Crippen LogP contribution in [0.15, 0.2) is 22.7 Å². The summed E-state index contributed by atoms with van der Waals surface area (Å²) in [5, 5.41) is 2.64. The Morgan fingerprint density at radius 2 is 2.08 bits per heavy atom. The van der Waals surface area contributed by atoms with Crippen LogP contribution in [0.25, 0.3) is 0 Å². The third kappa shape index (κ3) is 1.49. The van der Waals surface area contributed by atoms with Crippen LogP contribution in [0.4, 0.5) is 5.69 Å². The topological polar surface area (TPSA) is 46.2 Å². The van der Waals surface area contributed by atoms with Crippen molar-refractivity contribution in [3.8, 4) is 0 Å². The van der Waals surface area contributed by atoms with E-state index in [-0.39, 0.29) is 18.1 Å². The number of ketones is 1. The van der Waals surface area contributed by atoms with Gasteiger partial charge in [0.25, 0.3) is 0 Å². The van der Waals surface area contributed by atoms with E-state index in [1.54, 1.807) is 18.2 Å². The maximum atomic E-state index is 11.3. The fraction of sp³-hybridized carbons (Fsp3) is 0.111. The molecular weight excluding hydrogens is 234 g/mol. The Bertz CT molecular complexity index is 401. The Morgan fingerprint density at radius 3 is 2.85 bits per heavy atom. The molecule has 1 N–H and O–H groups in total. The molecule has 1 aliphatic rings. The third-order valence-corrected chi connectivity index (χ3v) is 2.37. The summed E-state index contributed by atoms with van der Waals surface area (Å²) < 4.78 is 0.848. The SMILES string of the molecule is O=C1CC(=O)c2ccc(Br)cc2N1. The predicted octanol–water partition coefficient (Wildman–Crippen LogP) is 1.97. The summed E-state index contributed by atoms with van der Waals surface area (Å²) in [7, 11) is 0. The van der Waals surface area contributed by atoms with Crippen molar-refractivity contribution in [3.05, 3.63) is 28.2 Å². The van der Waals surface area contributed by atoms with Gasteiger partial charge in [-0.25, -0.2) is 0 Å². The van der Waals surface area contributed by atoms with Crippen LogP contribution in [0.2, 0.25) is 0 Å². The van der Waals surface area contributed by atoms with Crippen LogP contribution < -0.4 is 5.32 Å². The number of fused-ring (bicyclic) bond motifs is 1. The van der Waals surface area contributed by atoms with Gasteiger partial charge in [-0.2, -0.15) is 0 Å². The average molecular weight is 240 g/mol. The molecule has 1 aromatic rings. The summed E-state index contributed by atoms with van der Waals surface area (Å²) in [4.78, 5) is 22.3. The van der Waals surface area contributed by atoms with Gasteiger partial charge in [0.2, 0.25) is 5.91 Å². The highest BCUT2D eigenvalue weighted by atomic mass is 79.9. The maximum Gasteiger partial charge on any atom is 0.232 e. The number of benzene rings is 1. The Kier molecular flexibility index (Phi) is 1.92. The first-order valence-corrected chi connectivity index (χ1v) is 4.59. The van der Waals surface area contributed by atoms with E-state index < -0.39 is 0 Å². The van der Waals surface area contributed by atoms with Crippen molar-refractivity contribution in [2.45, 2.75) is 6.42 Å². The molecule has 2 rings (SSSR count). The number of rotatable bonds is 0. The van der Waals surface area contributed by atoms with Gasteiger partial charge in [-0.1, -0.05) is 15.9 Å². The first-order chi connectivity index (χ1) is 6.16. The molecule has 0 atom stereocenters. The van der Waals surface area contributed by atoms with Crippen LogP contribution in [0, 0.1) is 0 Å². The van der Waals surface area contributed by atoms with Crippen LogP contribution in [-0.2, 0) is 4.79 Å². The molecule has 0 bridgehead atoms. The Morgan fingerprint density at radius 1 is 1.31 bits per heavy atom. The Balaban J connectivity index is 2.55. The highest BCUT2D eigenvalue weighted by molar-refractivity contribution is 9.10. The fourth-order valence-corrected chi connectivity index (χ4v) is 1.66.